The van der Waals surface area contributed by atoms with E-state index in [2.05, 4.69) is 18.3 Å². The molecule has 2 rings (SSSR count). The number of nitrogens with zero attached hydrogens (tertiary/aromatic N) is 1. The van der Waals surface area contributed by atoms with E-state index in [1.165, 1.54) is 31.4 Å². The van der Waals surface area contributed by atoms with E-state index < -0.39 is 5.54 Å². The third-order valence-corrected chi connectivity index (χ3v) is 4.53. The highest BCUT2D eigenvalue weighted by molar-refractivity contribution is 5.50. The molecule has 21 heavy (non-hydrogen) atoms. The van der Waals surface area contributed by atoms with Gasteiger partial charge in [-0.25, -0.2) is 4.39 Å². The van der Waals surface area contributed by atoms with E-state index >= 15 is 0 Å². The van der Waals surface area contributed by atoms with Gasteiger partial charge in [0.05, 0.1) is 6.07 Å². The van der Waals surface area contributed by atoms with E-state index in [-0.39, 0.29) is 5.82 Å². The Morgan fingerprint density at radius 3 is 2.81 bits per heavy atom. The third-order valence-electron chi connectivity index (χ3n) is 4.53. The molecule has 0 aromatic heterocycles. The van der Waals surface area contributed by atoms with Crippen LogP contribution in [0.25, 0.3) is 0 Å². The van der Waals surface area contributed by atoms with Gasteiger partial charge in [-0.2, -0.15) is 5.26 Å². The maximum atomic E-state index is 13.5. The van der Waals surface area contributed by atoms with Gasteiger partial charge in [0.25, 0.3) is 0 Å². The van der Waals surface area contributed by atoms with Crippen LogP contribution >= 0.6 is 0 Å². The normalized spacial score (nSPS) is 25.9. The van der Waals surface area contributed by atoms with E-state index in [1.807, 2.05) is 13.0 Å². The molecule has 1 aromatic rings. The van der Waals surface area contributed by atoms with Crippen LogP contribution in [0.3, 0.4) is 0 Å². The maximum Gasteiger partial charge on any atom is 0.125 e. The molecule has 0 bridgehead atoms. The summed E-state index contributed by atoms with van der Waals surface area (Å²) in [5.74, 6) is 0.490. The quantitative estimate of drug-likeness (QED) is 0.774. The summed E-state index contributed by atoms with van der Waals surface area (Å²) in [6, 6.07) is 7.38. The lowest BCUT2D eigenvalue weighted by atomic mass is 9.90. The number of rotatable bonds is 4. The van der Waals surface area contributed by atoms with Crippen LogP contribution in [0.15, 0.2) is 18.2 Å². The predicted octanol–water partition coefficient (Wildman–Crippen LogP) is 5.19. The molecule has 1 saturated carbocycles. The largest absolute Gasteiger partial charge is 0.367 e. The van der Waals surface area contributed by atoms with Crippen molar-refractivity contribution in [1.82, 2.24) is 0 Å². The fourth-order valence-electron chi connectivity index (χ4n) is 3.46. The monoisotopic (exact) mass is 288 g/mol. The average Bonchev–Trinajstić information content (AvgIpc) is 2.62. The lowest BCUT2D eigenvalue weighted by molar-refractivity contribution is 0.416. The second kappa shape index (κ2) is 6.93. The van der Waals surface area contributed by atoms with Crippen molar-refractivity contribution in [3.8, 4) is 6.07 Å². The van der Waals surface area contributed by atoms with Gasteiger partial charge in [-0.15, -0.1) is 0 Å². The Kier molecular flexibility index (Phi) is 5.22. The summed E-state index contributed by atoms with van der Waals surface area (Å²) in [6.45, 7) is 4.09. The molecular weight excluding hydrogens is 263 g/mol. The summed E-state index contributed by atoms with van der Waals surface area (Å²) in [4.78, 5) is 0. The van der Waals surface area contributed by atoms with Crippen LogP contribution in [-0.2, 0) is 0 Å². The van der Waals surface area contributed by atoms with Gasteiger partial charge < -0.3 is 5.32 Å². The fourth-order valence-corrected chi connectivity index (χ4v) is 3.46. The zero-order valence-corrected chi connectivity index (χ0v) is 13.1. The van der Waals surface area contributed by atoms with E-state index in [4.69, 9.17) is 0 Å². The van der Waals surface area contributed by atoms with E-state index in [9.17, 15) is 9.65 Å². The summed E-state index contributed by atoms with van der Waals surface area (Å²) < 4.78 is 13.5. The number of nitrogens with one attached hydrogen (secondary N) is 1. The summed E-state index contributed by atoms with van der Waals surface area (Å²) in [5, 5.41) is 13.0. The Labute approximate surface area is 127 Å². The van der Waals surface area contributed by atoms with Crippen molar-refractivity contribution in [3.63, 3.8) is 0 Å². The van der Waals surface area contributed by atoms with E-state index in [0.717, 1.165) is 42.9 Å². The number of halogens is 1. The molecule has 2 nitrogen and oxygen atoms in total. The number of hydrogen-bond donors (Lipinski definition) is 1. The number of benzene rings is 1. The minimum atomic E-state index is -0.539. The molecule has 0 heterocycles. The molecule has 114 valence electrons. The first kappa shape index (κ1) is 15.8. The number of anilines is 1. The molecule has 0 amide bonds. The van der Waals surface area contributed by atoms with Gasteiger partial charge in [-0.1, -0.05) is 26.2 Å². The van der Waals surface area contributed by atoms with Crippen molar-refractivity contribution in [3.05, 3.63) is 29.6 Å². The molecule has 1 aliphatic carbocycles. The maximum absolute atomic E-state index is 13.5. The topological polar surface area (TPSA) is 35.8 Å². The van der Waals surface area contributed by atoms with Crippen molar-refractivity contribution in [2.75, 3.05) is 5.32 Å². The molecule has 3 heteroatoms. The van der Waals surface area contributed by atoms with Gasteiger partial charge in [0, 0.05) is 5.69 Å². The molecule has 2 unspecified atom stereocenters. The first-order valence-electron chi connectivity index (χ1n) is 8.03. The number of nitriles is 1. The Morgan fingerprint density at radius 1 is 1.33 bits per heavy atom. The van der Waals surface area contributed by atoms with Crippen LogP contribution in [0, 0.1) is 30.0 Å². The second-order valence-electron chi connectivity index (χ2n) is 6.42. The third kappa shape index (κ3) is 4.20. The highest BCUT2D eigenvalue weighted by Gasteiger charge is 2.33. The molecule has 1 fully saturated rings. The smallest absolute Gasteiger partial charge is 0.125 e. The van der Waals surface area contributed by atoms with Crippen LogP contribution in [-0.4, -0.2) is 5.54 Å². The van der Waals surface area contributed by atoms with Crippen molar-refractivity contribution in [1.29, 1.82) is 5.26 Å². The van der Waals surface area contributed by atoms with Gasteiger partial charge in [-0.05, 0) is 62.3 Å². The highest BCUT2D eigenvalue weighted by atomic mass is 19.1. The molecule has 1 N–H and O–H groups in total. The Morgan fingerprint density at radius 2 is 2.14 bits per heavy atom. The summed E-state index contributed by atoms with van der Waals surface area (Å²) in [6.07, 6.45) is 7.52. The van der Waals surface area contributed by atoms with Crippen molar-refractivity contribution < 1.29 is 4.39 Å². The van der Waals surface area contributed by atoms with Gasteiger partial charge in [0.1, 0.15) is 11.4 Å². The summed E-state index contributed by atoms with van der Waals surface area (Å²) in [7, 11) is 0. The molecule has 0 spiro atoms. The Hall–Kier alpha value is -1.56. The fraction of sp³-hybridized carbons (Fsp3) is 0.611. The van der Waals surface area contributed by atoms with Crippen LogP contribution in [0.5, 0.6) is 0 Å². The minimum absolute atomic E-state index is 0.247. The zero-order chi connectivity index (χ0) is 15.3. The molecule has 0 saturated heterocycles. The van der Waals surface area contributed by atoms with Crippen molar-refractivity contribution >= 4 is 5.69 Å². The van der Waals surface area contributed by atoms with E-state index in [1.54, 1.807) is 0 Å². The van der Waals surface area contributed by atoms with Gasteiger partial charge in [0.15, 0.2) is 0 Å². The average molecular weight is 288 g/mol. The highest BCUT2D eigenvalue weighted by Crippen LogP contribution is 2.34. The Balaban J connectivity index is 2.12. The van der Waals surface area contributed by atoms with E-state index in [0.29, 0.717) is 0 Å². The summed E-state index contributed by atoms with van der Waals surface area (Å²) >= 11 is 0. The van der Waals surface area contributed by atoms with Crippen LogP contribution in [0.2, 0.25) is 0 Å². The molecule has 0 aliphatic heterocycles. The zero-order valence-electron chi connectivity index (χ0n) is 13.1. The lowest BCUT2D eigenvalue weighted by Gasteiger charge is -2.28. The van der Waals surface area contributed by atoms with Gasteiger partial charge in [0.2, 0.25) is 0 Å². The number of aryl methyl sites for hydroxylation is 1. The van der Waals surface area contributed by atoms with Crippen LogP contribution in [0.1, 0.15) is 57.4 Å². The summed E-state index contributed by atoms with van der Waals surface area (Å²) in [5.41, 5.74) is 1.06. The Bertz CT molecular complexity index is 500. The molecule has 1 aliphatic rings. The molecule has 1 aromatic carbocycles. The van der Waals surface area contributed by atoms with Crippen LogP contribution in [0.4, 0.5) is 10.1 Å². The van der Waals surface area contributed by atoms with Gasteiger partial charge in [-0.3, -0.25) is 0 Å². The molecule has 2 atom stereocenters. The second-order valence-corrected chi connectivity index (χ2v) is 6.42. The van der Waals surface area contributed by atoms with Crippen molar-refractivity contribution in [2.45, 2.75) is 64.3 Å². The van der Waals surface area contributed by atoms with Gasteiger partial charge >= 0.3 is 0 Å². The predicted molar refractivity (Wildman–Crippen MR) is 84.6 cm³/mol. The molecule has 0 radical (unpaired) electrons. The van der Waals surface area contributed by atoms with Crippen molar-refractivity contribution in [2.24, 2.45) is 5.92 Å². The standard InChI is InChI=1S/C18H25FN2/c1-3-5-15-6-4-8-18(13-20,9-7-15)21-17-11-14(2)10-16(19)12-17/h10-12,15,21H,3-9H2,1-2H3. The first-order valence-corrected chi connectivity index (χ1v) is 8.03. The SMILES string of the molecule is CCCC1CCCC(C#N)(Nc2cc(C)cc(F)c2)CC1. The lowest BCUT2D eigenvalue weighted by Crippen LogP contribution is -2.36. The van der Waals surface area contributed by atoms with Crippen LogP contribution < -0.4 is 5.32 Å². The molecular formula is C18H25FN2. The number of hydrogen-bond acceptors (Lipinski definition) is 2. The first-order chi connectivity index (χ1) is 10.1. The minimum Gasteiger partial charge on any atom is -0.367 e.